The van der Waals surface area contributed by atoms with Crippen LogP contribution in [0.2, 0.25) is 0 Å². The van der Waals surface area contributed by atoms with Gasteiger partial charge >= 0.3 is 0 Å². The maximum atomic E-state index is 9.79. The van der Waals surface area contributed by atoms with Gasteiger partial charge in [-0.15, -0.1) is 0 Å². The van der Waals surface area contributed by atoms with Gasteiger partial charge in [0, 0.05) is 11.8 Å². The normalized spacial score (nSPS) is 41.7. The highest BCUT2D eigenvalue weighted by atomic mass is 16.3. The second kappa shape index (κ2) is 3.83. The lowest BCUT2D eigenvalue weighted by Crippen LogP contribution is -2.15. The Morgan fingerprint density at radius 2 is 2.15 bits per heavy atom. The summed E-state index contributed by atoms with van der Waals surface area (Å²) < 4.78 is 0. The standard InChI is InChI=1S/C12H20O/c1-2-3-4-5-9-8-10-6-7-11(9)12(10)13/h6-7,9-13H,2-5,8H2,1H3. The monoisotopic (exact) mass is 180 g/mol. The van der Waals surface area contributed by atoms with Gasteiger partial charge in [-0.05, 0) is 18.8 Å². The van der Waals surface area contributed by atoms with Crippen molar-refractivity contribution in [2.24, 2.45) is 17.8 Å². The summed E-state index contributed by atoms with van der Waals surface area (Å²) in [6.45, 7) is 2.25. The minimum atomic E-state index is -0.0355. The zero-order valence-electron chi connectivity index (χ0n) is 8.45. The van der Waals surface area contributed by atoms with Crippen LogP contribution < -0.4 is 0 Å². The van der Waals surface area contributed by atoms with Crippen LogP contribution >= 0.6 is 0 Å². The van der Waals surface area contributed by atoms with E-state index in [9.17, 15) is 5.11 Å². The van der Waals surface area contributed by atoms with Gasteiger partial charge in [-0.2, -0.15) is 0 Å². The van der Waals surface area contributed by atoms with Crippen molar-refractivity contribution >= 4 is 0 Å². The van der Waals surface area contributed by atoms with Gasteiger partial charge in [0.15, 0.2) is 0 Å². The van der Waals surface area contributed by atoms with Crippen LogP contribution in [0.4, 0.5) is 0 Å². The number of rotatable bonds is 4. The largest absolute Gasteiger partial charge is 0.392 e. The lowest BCUT2D eigenvalue weighted by molar-refractivity contribution is 0.129. The van der Waals surface area contributed by atoms with E-state index in [0.29, 0.717) is 11.8 Å². The molecule has 2 aliphatic rings. The van der Waals surface area contributed by atoms with E-state index >= 15 is 0 Å². The van der Waals surface area contributed by atoms with E-state index < -0.39 is 0 Å². The molecule has 1 saturated carbocycles. The average molecular weight is 180 g/mol. The Hall–Kier alpha value is -0.300. The predicted molar refractivity (Wildman–Crippen MR) is 54.4 cm³/mol. The first-order chi connectivity index (χ1) is 6.33. The van der Waals surface area contributed by atoms with Crippen LogP contribution in [-0.2, 0) is 0 Å². The third-order valence-corrected chi connectivity index (χ3v) is 3.71. The van der Waals surface area contributed by atoms with Crippen molar-refractivity contribution in [3.05, 3.63) is 12.2 Å². The van der Waals surface area contributed by atoms with Crippen LogP contribution in [-0.4, -0.2) is 11.2 Å². The van der Waals surface area contributed by atoms with Crippen molar-refractivity contribution in [3.8, 4) is 0 Å². The van der Waals surface area contributed by atoms with E-state index in [-0.39, 0.29) is 6.10 Å². The van der Waals surface area contributed by atoms with Crippen molar-refractivity contribution in [2.45, 2.75) is 45.1 Å². The fourth-order valence-electron chi connectivity index (χ4n) is 2.91. The maximum Gasteiger partial charge on any atom is 0.0668 e. The van der Waals surface area contributed by atoms with E-state index in [1.165, 1.54) is 32.1 Å². The number of hydrogen-bond acceptors (Lipinski definition) is 1. The highest BCUT2D eigenvalue weighted by Gasteiger charge is 2.42. The molecule has 0 spiro atoms. The van der Waals surface area contributed by atoms with Crippen molar-refractivity contribution in [1.82, 2.24) is 0 Å². The average Bonchev–Trinajstić information content (AvgIpc) is 2.62. The second-order valence-electron chi connectivity index (χ2n) is 4.61. The molecule has 1 heteroatoms. The number of hydrogen-bond donors (Lipinski definition) is 1. The van der Waals surface area contributed by atoms with Crippen molar-refractivity contribution in [2.75, 3.05) is 0 Å². The molecule has 0 saturated heterocycles. The lowest BCUT2D eigenvalue weighted by Gasteiger charge is -2.17. The molecule has 2 bridgehead atoms. The van der Waals surface area contributed by atoms with Gasteiger partial charge in [-0.3, -0.25) is 0 Å². The van der Waals surface area contributed by atoms with Crippen LogP contribution in [0, 0.1) is 17.8 Å². The molecule has 0 aromatic heterocycles. The molecule has 1 nitrogen and oxygen atoms in total. The molecule has 4 unspecified atom stereocenters. The highest BCUT2D eigenvalue weighted by Crippen LogP contribution is 2.45. The van der Waals surface area contributed by atoms with Gasteiger partial charge in [0.1, 0.15) is 0 Å². The Bertz CT molecular complexity index is 197. The summed E-state index contributed by atoms with van der Waals surface area (Å²) in [6, 6.07) is 0. The summed E-state index contributed by atoms with van der Waals surface area (Å²) in [5.41, 5.74) is 0. The maximum absolute atomic E-state index is 9.79. The summed E-state index contributed by atoms with van der Waals surface area (Å²) in [6.07, 6.45) is 11.0. The molecule has 0 amide bonds. The first-order valence-electron chi connectivity index (χ1n) is 5.69. The Morgan fingerprint density at radius 1 is 1.31 bits per heavy atom. The third-order valence-electron chi connectivity index (χ3n) is 3.71. The molecular formula is C12H20O. The molecule has 4 atom stereocenters. The van der Waals surface area contributed by atoms with Crippen molar-refractivity contribution in [1.29, 1.82) is 0 Å². The minimum Gasteiger partial charge on any atom is -0.392 e. The van der Waals surface area contributed by atoms with Crippen LogP contribution in [0.5, 0.6) is 0 Å². The molecule has 2 rings (SSSR count). The Balaban J connectivity index is 1.80. The van der Waals surface area contributed by atoms with Crippen LogP contribution in [0.25, 0.3) is 0 Å². The van der Waals surface area contributed by atoms with Gasteiger partial charge in [0.2, 0.25) is 0 Å². The number of aliphatic hydroxyl groups is 1. The van der Waals surface area contributed by atoms with E-state index in [4.69, 9.17) is 0 Å². The first-order valence-corrected chi connectivity index (χ1v) is 5.69. The highest BCUT2D eigenvalue weighted by molar-refractivity contribution is 5.14. The van der Waals surface area contributed by atoms with Gasteiger partial charge in [-0.1, -0.05) is 38.3 Å². The SMILES string of the molecule is CCCCCC1CC2C=CC1C2O. The molecule has 0 radical (unpaired) electrons. The summed E-state index contributed by atoms with van der Waals surface area (Å²) in [5, 5.41) is 9.79. The summed E-state index contributed by atoms with van der Waals surface area (Å²) in [4.78, 5) is 0. The summed E-state index contributed by atoms with van der Waals surface area (Å²) in [7, 11) is 0. The summed E-state index contributed by atoms with van der Waals surface area (Å²) >= 11 is 0. The van der Waals surface area contributed by atoms with Gasteiger partial charge in [0.25, 0.3) is 0 Å². The fraction of sp³-hybridized carbons (Fsp3) is 0.833. The molecule has 74 valence electrons. The molecule has 13 heavy (non-hydrogen) atoms. The summed E-state index contributed by atoms with van der Waals surface area (Å²) in [5.74, 6) is 1.79. The molecular weight excluding hydrogens is 160 g/mol. The molecule has 0 heterocycles. The smallest absolute Gasteiger partial charge is 0.0668 e. The molecule has 0 aromatic rings. The number of aliphatic hydroxyl groups excluding tert-OH is 1. The van der Waals surface area contributed by atoms with Crippen molar-refractivity contribution in [3.63, 3.8) is 0 Å². The van der Waals surface area contributed by atoms with Gasteiger partial charge < -0.3 is 5.11 Å². The second-order valence-corrected chi connectivity index (χ2v) is 4.61. The van der Waals surface area contributed by atoms with Crippen LogP contribution in [0.1, 0.15) is 39.0 Å². The van der Waals surface area contributed by atoms with Crippen LogP contribution in [0.3, 0.4) is 0 Å². The van der Waals surface area contributed by atoms with E-state index in [1.54, 1.807) is 0 Å². The Labute approximate surface area is 80.8 Å². The zero-order valence-corrected chi connectivity index (χ0v) is 8.45. The van der Waals surface area contributed by atoms with Gasteiger partial charge in [0.05, 0.1) is 6.10 Å². The van der Waals surface area contributed by atoms with E-state index in [2.05, 4.69) is 19.1 Å². The van der Waals surface area contributed by atoms with Crippen molar-refractivity contribution < 1.29 is 5.11 Å². The Kier molecular flexibility index (Phi) is 2.73. The number of unbranched alkanes of at least 4 members (excludes halogenated alkanes) is 2. The third kappa shape index (κ3) is 1.67. The van der Waals surface area contributed by atoms with E-state index in [0.717, 1.165) is 5.92 Å². The van der Waals surface area contributed by atoms with Gasteiger partial charge in [-0.25, -0.2) is 0 Å². The fourth-order valence-corrected chi connectivity index (χ4v) is 2.91. The lowest BCUT2D eigenvalue weighted by atomic mass is 9.88. The predicted octanol–water partition coefficient (Wildman–Crippen LogP) is 2.75. The topological polar surface area (TPSA) is 20.2 Å². The molecule has 2 aliphatic carbocycles. The number of fused-ring (bicyclic) bond motifs is 2. The molecule has 0 aliphatic heterocycles. The molecule has 1 fully saturated rings. The van der Waals surface area contributed by atoms with E-state index in [1.807, 2.05) is 0 Å². The zero-order chi connectivity index (χ0) is 9.26. The quantitative estimate of drug-likeness (QED) is 0.521. The first kappa shape index (κ1) is 9.26. The minimum absolute atomic E-state index is 0.0355. The molecule has 0 aromatic carbocycles. The van der Waals surface area contributed by atoms with Crippen LogP contribution in [0.15, 0.2) is 12.2 Å². The molecule has 1 N–H and O–H groups in total. The Morgan fingerprint density at radius 3 is 2.69 bits per heavy atom.